The average Bonchev–Trinajstić information content (AvgIpc) is 2.83. The molecule has 0 unspecified atom stereocenters. The van der Waals surface area contributed by atoms with Crippen LogP contribution in [0, 0.1) is 11.8 Å². The second-order valence-corrected chi connectivity index (χ2v) is 8.23. The van der Waals surface area contributed by atoms with Gasteiger partial charge in [-0.15, -0.1) is 0 Å². The van der Waals surface area contributed by atoms with Crippen molar-refractivity contribution in [2.24, 2.45) is 11.8 Å². The van der Waals surface area contributed by atoms with E-state index < -0.39 is 18.2 Å². The van der Waals surface area contributed by atoms with Crippen LogP contribution in [0.1, 0.15) is 44.1 Å². The van der Waals surface area contributed by atoms with E-state index in [2.05, 4.69) is 0 Å². The number of carbonyl (C=O) groups is 1. The minimum absolute atomic E-state index is 0.0848. The Bertz CT molecular complexity index is 1080. The molecule has 0 aromatic heterocycles. The number of rotatable bonds is 6. The van der Waals surface area contributed by atoms with Crippen LogP contribution in [0.15, 0.2) is 12.1 Å². The SMILES string of the molecule is COc1cc2c(c(O)c1OC)-c1c(cc(OC)c(OC)c1OC)[C@H](OC(C)=O)[C@H](C)[C@H](C)[C@H]2O. The van der Waals surface area contributed by atoms with Crippen LogP contribution in [-0.2, 0) is 9.53 Å². The van der Waals surface area contributed by atoms with Gasteiger partial charge >= 0.3 is 5.97 Å². The van der Waals surface area contributed by atoms with Gasteiger partial charge in [0, 0.05) is 29.5 Å². The molecular weight excluding hydrogens is 444 g/mol. The number of esters is 1. The van der Waals surface area contributed by atoms with E-state index in [0.717, 1.165) is 0 Å². The molecule has 9 nitrogen and oxygen atoms in total. The van der Waals surface area contributed by atoms with E-state index in [-0.39, 0.29) is 46.1 Å². The lowest BCUT2D eigenvalue weighted by Crippen LogP contribution is -2.28. The number of aliphatic hydroxyl groups is 1. The molecule has 0 saturated carbocycles. The summed E-state index contributed by atoms with van der Waals surface area (Å²) in [7, 11) is 7.26. The minimum Gasteiger partial charge on any atom is -0.504 e. The zero-order valence-corrected chi connectivity index (χ0v) is 20.7. The Balaban J connectivity index is 2.60. The molecule has 0 radical (unpaired) electrons. The topological polar surface area (TPSA) is 113 Å². The van der Waals surface area contributed by atoms with Gasteiger partial charge in [-0.3, -0.25) is 4.79 Å². The van der Waals surface area contributed by atoms with E-state index in [1.165, 1.54) is 42.5 Å². The second kappa shape index (κ2) is 9.89. The maximum absolute atomic E-state index is 12.1. The number of hydrogen-bond donors (Lipinski definition) is 2. The van der Waals surface area contributed by atoms with E-state index in [1.807, 2.05) is 13.8 Å². The Labute approximate surface area is 199 Å². The summed E-state index contributed by atoms with van der Waals surface area (Å²) in [5.74, 6) is -0.235. The van der Waals surface area contributed by atoms with Crippen molar-refractivity contribution in [2.75, 3.05) is 35.5 Å². The Morgan fingerprint density at radius 3 is 1.79 bits per heavy atom. The molecule has 0 aliphatic heterocycles. The van der Waals surface area contributed by atoms with Crippen molar-refractivity contribution in [3.8, 4) is 45.6 Å². The highest BCUT2D eigenvalue weighted by molar-refractivity contribution is 5.89. The molecule has 3 rings (SSSR count). The summed E-state index contributed by atoms with van der Waals surface area (Å²) >= 11 is 0. The van der Waals surface area contributed by atoms with Gasteiger partial charge in [-0.05, 0) is 23.6 Å². The standard InChI is InChI=1S/C25H32O9/c1-11-12(2)22(34-13(3)26)15-10-17(30-5)24(32-7)25(33-8)19(15)18-14(20(11)27)9-16(29-4)23(31-6)21(18)28/h9-12,20,22,27-28H,1-8H3/t11-,12+,20+,22+/m0/s1. The molecule has 0 heterocycles. The summed E-state index contributed by atoms with van der Waals surface area (Å²) in [6.45, 7) is 5.07. The van der Waals surface area contributed by atoms with Crippen molar-refractivity contribution in [1.82, 2.24) is 0 Å². The third-order valence-electron chi connectivity index (χ3n) is 6.51. The molecule has 2 aromatic rings. The van der Waals surface area contributed by atoms with E-state index in [1.54, 1.807) is 12.1 Å². The third-order valence-corrected chi connectivity index (χ3v) is 6.51. The highest BCUT2D eigenvalue weighted by Crippen LogP contribution is 2.59. The van der Waals surface area contributed by atoms with Crippen molar-refractivity contribution in [3.05, 3.63) is 23.3 Å². The molecule has 9 heteroatoms. The molecular formula is C25H32O9. The number of methoxy groups -OCH3 is 5. The van der Waals surface area contributed by atoms with Crippen LogP contribution >= 0.6 is 0 Å². The molecule has 1 aliphatic rings. The van der Waals surface area contributed by atoms with Crippen molar-refractivity contribution >= 4 is 5.97 Å². The summed E-state index contributed by atoms with van der Waals surface area (Å²) in [5, 5.41) is 22.8. The zero-order valence-electron chi connectivity index (χ0n) is 20.7. The van der Waals surface area contributed by atoms with Crippen LogP contribution in [-0.4, -0.2) is 51.7 Å². The predicted molar refractivity (Wildman–Crippen MR) is 124 cm³/mol. The van der Waals surface area contributed by atoms with Crippen LogP contribution < -0.4 is 23.7 Å². The van der Waals surface area contributed by atoms with Crippen LogP contribution in [0.25, 0.3) is 11.1 Å². The fourth-order valence-electron chi connectivity index (χ4n) is 4.63. The van der Waals surface area contributed by atoms with Crippen LogP contribution in [0.5, 0.6) is 34.5 Å². The predicted octanol–water partition coefficient (Wildman–Crippen LogP) is 4.03. The first-order valence-corrected chi connectivity index (χ1v) is 10.8. The van der Waals surface area contributed by atoms with Gasteiger partial charge in [0.1, 0.15) is 6.10 Å². The highest BCUT2D eigenvalue weighted by atomic mass is 16.5. The minimum atomic E-state index is -1.04. The maximum Gasteiger partial charge on any atom is 0.303 e. The molecule has 186 valence electrons. The molecule has 4 atom stereocenters. The highest BCUT2D eigenvalue weighted by Gasteiger charge is 2.41. The lowest BCUT2D eigenvalue weighted by atomic mass is 9.74. The summed E-state index contributed by atoms with van der Waals surface area (Å²) < 4.78 is 33.5. The van der Waals surface area contributed by atoms with Crippen LogP contribution in [0.2, 0.25) is 0 Å². The van der Waals surface area contributed by atoms with Gasteiger partial charge < -0.3 is 38.6 Å². The summed E-state index contributed by atoms with van der Waals surface area (Å²) in [4.78, 5) is 12.1. The third kappa shape index (κ3) is 3.94. The fourth-order valence-corrected chi connectivity index (χ4v) is 4.63. The smallest absolute Gasteiger partial charge is 0.303 e. The number of benzene rings is 2. The number of phenolic OH excluding ortho intramolecular Hbond substituents is 1. The number of fused-ring (bicyclic) bond motifs is 3. The molecule has 0 spiro atoms. The van der Waals surface area contributed by atoms with E-state index in [0.29, 0.717) is 22.4 Å². The number of aromatic hydroxyl groups is 1. The van der Waals surface area contributed by atoms with Gasteiger partial charge in [0.15, 0.2) is 23.0 Å². The number of ether oxygens (including phenoxy) is 6. The van der Waals surface area contributed by atoms with Crippen molar-refractivity contribution in [1.29, 1.82) is 0 Å². The normalized spacial score (nSPS) is 21.3. The van der Waals surface area contributed by atoms with Gasteiger partial charge in [-0.1, -0.05) is 13.8 Å². The molecule has 2 aromatic carbocycles. The molecule has 1 aliphatic carbocycles. The van der Waals surface area contributed by atoms with Gasteiger partial charge in [0.25, 0.3) is 0 Å². The first-order chi connectivity index (χ1) is 16.2. The molecule has 0 amide bonds. The van der Waals surface area contributed by atoms with Gasteiger partial charge in [0.05, 0.1) is 41.7 Å². The zero-order chi connectivity index (χ0) is 25.3. The summed E-state index contributed by atoms with van der Waals surface area (Å²) in [6.07, 6.45) is -1.83. The summed E-state index contributed by atoms with van der Waals surface area (Å²) in [5.41, 5.74) is 1.58. The quantitative estimate of drug-likeness (QED) is 0.597. The first-order valence-electron chi connectivity index (χ1n) is 10.8. The Morgan fingerprint density at radius 2 is 1.29 bits per heavy atom. The van der Waals surface area contributed by atoms with Crippen LogP contribution in [0.4, 0.5) is 0 Å². The number of carbonyl (C=O) groups excluding carboxylic acids is 1. The van der Waals surface area contributed by atoms with Crippen molar-refractivity contribution in [3.63, 3.8) is 0 Å². The monoisotopic (exact) mass is 476 g/mol. The van der Waals surface area contributed by atoms with E-state index in [4.69, 9.17) is 28.4 Å². The van der Waals surface area contributed by atoms with Gasteiger partial charge in [-0.25, -0.2) is 0 Å². The lowest BCUT2D eigenvalue weighted by Gasteiger charge is -2.37. The fraction of sp³-hybridized carbons (Fsp3) is 0.480. The number of hydrogen-bond acceptors (Lipinski definition) is 9. The Kier molecular flexibility index (Phi) is 7.35. The van der Waals surface area contributed by atoms with E-state index in [9.17, 15) is 15.0 Å². The molecule has 0 saturated heterocycles. The van der Waals surface area contributed by atoms with Crippen molar-refractivity contribution in [2.45, 2.75) is 33.0 Å². The number of phenols is 1. The van der Waals surface area contributed by atoms with E-state index >= 15 is 0 Å². The average molecular weight is 477 g/mol. The lowest BCUT2D eigenvalue weighted by molar-refractivity contribution is -0.151. The number of aliphatic hydroxyl groups excluding tert-OH is 1. The first kappa shape index (κ1) is 25.3. The van der Waals surface area contributed by atoms with Gasteiger partial charge in [0.2, 0.25) is 11.5 Å². The van der Waals surface area contributed by atoms with Gasteiger partial charge in [-0.2, -0.15) is 0 Å². The van der Waals surface area contributed by atoms with Crippen molar-refractivity contribution < 1.29 is 43.4 Å². The largest absolute Gasteiger partial charge is 0.504 e. The Hall–Kier alpha value is -3.33. The summed E-state index contributed by atoms with van der Waals surface area (Å²) in [6, 6.07) is 3.33. The molecule has 0 fully saturated rings. The molecule has 0 bridgehead atoms. The Morgan fingerprint density at radius 1 is 0.765 bits per heavy atom. The van der Waals surface area contributed by atoms with Crippen LogP contribution in [0.3, 0.4) is 0 Å². The molecule has 34 heavy (non-hydrogen) atoms. The maximum atomic E-state index is 12.1. The second-order valence-electron chi connectivity index (χ2n) is 8.23. The molecule has 2 N–H and O–H groups in total.